The van der Waals surface area contributed by atoms with Crippen LogP contribution in [0.4, 0.5) is 23.1 Å². The van der Waals surface area contributed by atoms with Crippen LogP contribution in [0.25, 0.3) is 0 Å². The number of rotatable bonds is 3. The SMILES string of the molecule is N=C(Cl)c1cc(Nc2ccnc(N)n2)c[c]([Al])c1N. The first-order valence-electron chi connectivity index (χ1n) is 5.26. The molecule has 0 aliphatic rings. The third-order valence-electron chi connectivity index (χ3n) is 2.40. The van der Waals surface area contributed by atoms with Gasteiger partial charge in [-0.3, -0.25) is 5.41 Å². The summed E-state index contributed by atoms with van der Waals surface area (Å²) in [4.78, 5) is 7.83. The van der Waals surface area contributed by atoms with Gasteiger partial charge in [-0.05, 0) is 12.1 Å². The van der Waals surface area contributed by atoms with E-state index in [0.717, 1.165) is 4.43 Å². The van der Waals surface area contributed by atoms with Crippen LogP contribution >= 0.6 is 11.6 Å². The van der Waals surface area contributed by atoms with Crippen molar-refractivity contribution in [3.63, 3.8) is 0 Å². The van der Waals surface area contributed by atoms with Crippen molar-refractivity contribution < 1.29 is 0 Å². The second kappa shape index (κ2) is 5.45. The summed E-state index contributed by atoms with van der Waals surface area (Å²) in [7, 11) is 0. The molecule has 8 heteroatoms. The molecule has 2 radical (unpaired) electrons. The number of nitrogens with two attached hydrogens (primary N) is 2. The minimum atomic E-state index is -0.118. The summed E-state index contributed by atoms with van der Waals surface area (Å²) in [5, 5.41) is 10.4. The number of hydrogen-bond acceptors (Lipinski definition) is 6. The standard InChI is InChI=1S/C11H10ClN6.Al/c12-10(14)7-5-6(1-2-8(7)13)17-9-3-4-16-11(15)18-9;/h1,3-5,14H,13H2,(H3,15,16,17,18);. The summed E-state index contributed by atoms with van der Waals surface area (Å²) in [5.74, 6) is 0.727. The molecule has 1 heterocycles. The number of anilines is 4. The van der Waals surface area contributed by atoms with E-state index in [9.17, 15) is 0 Å². The summed E-state index contributed by atoms with van der Waals surface area (Å²) in [6.45, 7) is 0. The average molecular weight is 289 g/mol. The number of nitrogens with zero attached hydrogens (tertiary/aromatic N) is 2. The van der Waals surface area contributed by atoms with Gasteiger partial charge in [0.1, 0.15) is 11.0 Å². The predicted molar refractivity (Wildman–Crippen MR) is 78.7 cm³/mol. The van der Waals surface area contributed by atoms with Crippen molar-refractivity contribution in [1.29, 1.82) is 5.41 Å². The molecule has 94 valence electrons. The summed E-state index contributed by atoms with van der Waals surface area (Å²) < 4.78 is 0.743. The van der Waals surface area contributed by atoms with Gasteiger partial charge in [-0.15, -0.1) is 4.43 Å². The van der Waals surface area contributed by atoms with Crippen LogP contribution < -0.4 is 21.2 Å². The molecule has 6 nitrogen and oxygen atoms in total. The van der Waals surface area contributed by atoms with Crippen LogP contribution in [0.3, 0.4) is 0 Å². The van der Waals surface area contributed by atoms with Gasteiger partial charge < -0.3 is 16.8 Å². The van der Waals surface area contributed by atoms with Crippen molar-refractivity contribution in [2.24, 2.45) is 0 Å². The molecule has 0 atom stereocenters. The van der Waals surface area contributed by atoms with E-state index in [1.807, 2.05) is 6.07 Å². The molecule has 19 heavy (non-hydrogen) atoms. The molecule has 0 spiro atoms. The van der Waals surface area contributed by atoms with E-state index in [1.165, 1.54) is 0 Å². The quantitative estimate of drug-likeness (QED) is 0.378. The highest BCUT2D eigenvalue weighted by Crippen LogP contribution is 2.20. The molecule has 1 aromatic carbocycles. The Bertz CT molecular complexity index is 645. The molecule has 0 aliphatic heterocycles. The van der Waals surface area contributed by atoms with Crippen LogP contribution in [-0.2, 0) is 0 Å². The van der Waals surface area contributed by atoms with E-state index in [4.69, 9.17) is 28.5 Å². The smallest absolute Gasteiger partial charge is 0.221 e. The molecule has 0 amide bonds. The van der Waals surface area contributed by atoms with Gasteiger partial charge in [-0.2, -0.15) is 4.98 Å². The Kier molecular flexibility index (Phi) is 3.91. The topological polar surface area (TPSA) is 114 Å². The maximum atomic E-state index is 7.49. The fourth-order valence-electron chi connectivity index (χ4n) is 1.52. The molecule has 0 bridgehead atoms. The van der Waals surface area contributed by atoms with Gasteiger partial charge in [0.2, 0.25) is 5.95 Å². The van der Waals surface area contributed by atoms with Crippen molar-refractivity contribution in [2.75, 3.05) is 16.8 Å². The first kappa shape index (κ1) is 13.6. The first-order chi connectivity index (χ1) is 8.97. The number of nitrogen functional groups attached to an aromatic ring is 2. The lowest BCUT2D eigenvalue weighted by Gasteiger charge is -2.12. The number of nitrogens with one attached hydrogen (secondary N) is 2. The minimum absolute atomic E-state index is 0.118. The molecule has 6 N–H and O–H groups in total. The van der Waals surface area contributed by atoms with E-state index < -0.39 is 0 Å². The Morgan fingerprint density at radius 2 is 2.11 bits per heavy atom. The molecule has 1 aromatic heterocycles. The summed E-state index contributed by atoms with van der Waals surface area (Å²) >= 11 is 8.20. The van der Waals surface area contributed by atoms with Gasteiger partial charge in [-0.1, -0.05) is 17.7 Å². The molecular weight excluding hydrogens is 279 g/mol. The van der Waals surface area contributed by atoms with Crippen molar-refractivity contribution in [1.82, 2.24) is 9.97 Å². The van der Waals surface area contributed by atoms with E-state index in [1.54, 1.807) is 18.3 Å². The van der Waals surface area contributed by atoms with Crippen LogP contribution in [0, 0.1) is 5.41 Å². The van der Waals surface area contributed by atoms with Gasteiger partial charge in [0.15, 0.2) is 16.3 Å². The number of halogens is 1. The van der Waals surface area contributed by atoms with Gasteiger partial charge in [-0.25, -0.2) is 4.98 Å². The van der Waals surface area contributed by atoms with E-state index in [-0.39, 0.29) is 11.1 Å². The van der Waals surface area contributed by atoms with Crippen LogP contribution in [-0.4, -0.2) is 31.4 Å². The molecule has 0 unspecified atom stereocenters. The van der Waals surface area contributed by atoms with Crippen molar-refractivity contribution in [3.8, 4) is 0 Å². The lowest BCUT2D eigenvalue weighted by molar-refractivity contribution is 1.18. The fourth-order valence-corrected chi connectivity index (χ4v) is 2.01. The Hall–Kier alpha value is -1.81. The van der Waals surface area contributed by atoms with Gasteiger partial charge in [0, 0.05) is 23.1 Å². The minimum Gasteiger partial charge on any atom is -0.399 e. The van der Waals surface area contributed by atoms with Crippen LogP contribution in [0.5, 0.6) is 0 Å². The van der Waals surface area contributed by atoms with Crippen molar-refractivity contribution >= 4 is 60.6 Å². The van der Waals surface area contributed by atoms with Gasteiger partial charge in [0.25, 0.3) is 0 Å². The van der Waals surface area contributed by atoms with Crippen LogP contribution in [0.2, 0.25) is 0 Å². The Morgan fingerprint density at radius 1 is 1.37 bits per heavy atom. The second-order valence-corrected chi connectivity index (χ2v) is 4.77. The number of aromatic nitrogens is 2. The molecular formula is C11H10AlClN6. The first-order valence-corrected chi connectivity index (χ1v) is 6.22. The second-order valence-electron chi connectivity index (χ2n) is 3.77. The molecule has 2 aromatic rings. The zero-order chi connectivity index (χ0) is 14.0. The zero-order valence-corrected chi connectivity index (χ0v) is 11.7. The number of hydrogen-bond donors (Lipinski definition) is 4. The third-order valence-corrected chi connectivity index (χ3v) is 3.08. The van der Waals surface area contributed by atoms with Gasteiger partial charge >= 0.3 is 0 Å². The fraction of sp³-hybridized carbons (Fsp3) is 0. The van der Waals surface area contributed by atoms with E-state index in [0.29, 0.717) is 22.8 Å². The monoisotopic (exact) mass is 288 g/mol. The Balaban J connectivity index is 2.38. The summed E-state index contributed by atoms with van der Waals surface area (Å²) in [6.07, 6.45) is 1.55. The van der Waals surface area contributed by atoms with Crippen LogP contribution in [0.1, 0.15) is 5.56 Å². The van der Waals surface area contributed by atoms with E-state index >= 15 is 0 Å². The van der Waals surface area contributed by atoms with E-state index in [2.05, 4.69) is 31.6 Å². The van der Waals surface area contributed by atoms with Crippen molar-refractivity contribution in [2.45, 2.75) is 0 Å². The number of benzene rings is 1. The molecule has 0 fully saturated rings. The average Bonchev–Trinajstić information content (AvgIpc) is 2.33. The highest BCUT2D eigenvalue weighted by atomic mass is 35.5. The summed E-state index contributed by atoms with van der Waals surface area (Å²) in [6, 6.07) is 5.17. The predicted octanol–water partition coefficient (Wildman–Crippen LogP) is 0.743. The van der Waals surface area contributed by atoms with Crippen LogP contribution in [0.15, 0.2) is 24.4 Å². The van der Waals surface area contributed by atoms with Crippen molar-refractivity contribution in [3.05, 3.63) is 30.0 Å². The normalized spacial score (nSPS) is 10.2. The lowest BCUT2D eigenvalue weighted by atomic mass is 10.1. The zero-order valence-electron chi connectivity index (χ0n) is 9.81. The van der Waals surface area contributed by atoms with Gasteiger partial charge in [0.05, 0.1) is 0 Å². The largest absolute Gasteiger partial charge is 0.399 e. The molecule has 0 saturated carbocycles. The Morgan fingerprint density at radius 3 is 2.74 bits per heavy atom. The highest BCUT2D eigenvalue weighted by molar-refractivity contribution is 6.69. The molecule has 2 rings (SSSR count). The lowest BCUT2D eigenvalue weighted by Crippen LogP contribution is -2.15. The summed E-state index contributed by atoms with van der Waals surface area (Å²) in [5.41, 5.74) is 13.0. The third kappa shape index (κ3) is 3.15. The molecule has 0 saturated heterocycles. The molecule has 0 aliphatic carbocycles. The maximum Gasteiger partial charge on any atom is 0.221 e. The Labute approximate surface area is 123 Å². The highest BCUT2D eigenvalue weighted by Gasteiger charge is 2.08. The maximum absolute atomic E-state index is 7.49.